The van der Waals surface area contributed by atoms with Crippen LogP contribution in [0.25, 0.3) is 0 Å². The quantitative estimate of drug-likeness (QED) is 0.488. The summed E-state index contributed by atoms with van der Waals surface area (Å²) in [6.07, 6.45) is 4.40. The van der Waals surface area contributed by atoms with Crippen molar-refractivity contribution in [2.24, 2.45) is 0 Å². The van der Waals surface area contributed by atoms with Gasteiger partial charge >= 0.3 is 0 Å². The molecule has 1 aliphatic carbocycles. The highest BCUT2D eigenvalue weighted by Crippen LogP contribution is 2.40. The van der Waals surface area contributed by atoms with E-state index in [4.69, 9.17) is 4.52 Å². The van der Waals surface area contributed by atoms with E-state index >= 15 is 0 Å². The van der Waals surface area contributed by atoms with Crippen LogP contribution >= 0.6 is 0 Å². The molecule has 0 unspecified atom stereocenters. The lowest BCUT2D eigenvalue weighted by molar-refractivity contribution is 0.101. The number of rotatable bonds is 3. The highest BCUT2D eigenvalue weighted by molar-refractivity contribution is 6.04. The van der Waals surface area contributed by atoms with Gasteiger partial charge in [0, 0.05) is 13.1 Å². The van der Waals surface area contributed by atoms with Gasteiger partial charge < -0.3 is 19.8 Å². The van der Waals surface area contributed by atoms with Crippen molar-refractivity contribution in [2.75, 3.05) is 16.8 Å². The summed E-state index contributed by atoms with van der Waals surface area (Å²) in [5.74, 6) is -1.04. The van der Waals surface area contributed by atoms with Gasteiger partial charge in [-0.1, -0.05) is 53.7 Å². The summed E-state index contributed by atoms with van der Waals surface area (Å²) in [6, 6.07) is 16.4. The zero-order valence-corrected chi connectivity index (χ0v) is 18.1. The van der Waals surface area contributed by atoms with Crippen molar-refractivity contribution in [3.63, 3.8) is 0 Å². The number of aromatic nitrogens is 3. The minimum Gasteiger partial charge on any atom is -0.501 e. The Hall–Kier alpha value is -4.40. The number of nitrogens with one attached hydrogen (secondary N) is 1. The number of anilines is 2. The highest BCUT2D eigenvalue weighted by atomic mass is 16.5. The van der Waals surface area contributed by atoms with Crippen LogP contribution in [-0.4, -0.2) is 32.3 Å². The first-order chi connectivity index (χ1) is 16.6. The van der Waals surface area contributed by atoms with Crippen LogP contribution in [0.5, 0.6) is 5.75 Å². The molecule has 0 atom stereocenters. The summed E-state index contributed by atoms with van der Waals surface area (Å²) in [7, 11) is 0. The van der Waals surface area contributed by atoms with Crippen molar-refractivity contribution < 1.29 is 14.4 Å². The molecule has 170 valence electrons. The molecule has 2 aliphatic rings. The number of fused-ring (bicyclic) bond motifs is 3. The van der Waals surface area contributed by atoms with Crippen LogP contribution in [0.3, 0.4) is 0 Å². The minimum absolute atomic E-state index is 0.172. The number of aromatic hydroxyl groups is 1. The molecule has 6 rings (SSSR count). The van der Waals surface area contributed by atoms with Gasteiger partial charge in [0.15, 0.2) is 5.69 Å². The van der Waals surface area contributed by atoms with Crippen molar-refractivity contribution in [1.82, 2.24) is 14.7 Å². The fourth-order valence-electron chi connectivity index (χ4n) is 4.95. The van der Waals surface area contributed by atoms with E-state index in [1.165, 1.54) is 28.2 Å². The molecule has 2 aromatic heterocycles. The molecule has 9 nitrogen and oxygen atoms in total. The molecule has 1 amide bonds. The fraction of sp³-hybridized carbons (Fsp3) is 0.200. The van der Waals surface area contributed by atoms with Gasteiger partial charge in [-0.05, 0) is 35.1 Å². The molecule has 34 heavy (non-hydrogen) atoms. The van der Waals surface area contributed by atoms with E-state index in [1.807, 2.05) is 24.3 Å². The molecule has 0 spiro atoms. The van der Waals surface area contributed by atoms with Crippen molar-refractivity contribution in [3.05, 3.63) is 99.3 Å². The molecular weight excluding hydrogens is 434 g/mol. The Kier molecular flexibility index (Phi) is 4.68. The van der Waals surface area contributed by atoms with E-state index < -0.39 is 17.2 Å². The molecule has 0 saturated heterocycles. The van der Waals surface area contributed by atoms with Crippen LogP contribution in [0.2, 0.25) is 0 Å². The highest BCUT2D eigenvalue weighted by Gasteiger charge is 2.36. The maximum absolute atomic E-state index is 13.0. The maximum atomic E-state index is 13.0. The van der Waals surface area contributed by atoms with Gasteiger partial charge in [-0.25, -0.2) is 4.98 Å². The molecule has 1 aliphatic heterocycles. The molecule has 0 radical (unpaired) electrons. The van der Waals surface area contributed by atoms with Gasteiger partial charge in [0.1, 0.15) is 12.0 Å². The van der Waals surface area contributed by atoms with Crippen molar-refractivity contribution in [3.8, 4) is 5.75 Å². The topological polar surface area (TPSA) is 113 Å². The lowest BCUT2D eigenvalue weighted by atomic mass is 9.93. The Balaban J connectivity index is 1.49. The van der Waals surface area contributed by atoms with Crippen molar-refractivity contribution in [1.29, 1.82) is 0 Å². The monoisotopic (exact) mass is 455 g/mol. The Morgan fingerprint density at radius 1 is 1.03 bits per heavy atom. The van der Waals surface area contributed by atoms with Crippen LogP contribution in [0.15, 0.2) is 70.3 Å². The third kappa shape index (κ3) is 3.16. The predicted octanol–water partition coefficient (Wildman–Crippen LogP) is 2.90. The lowest BCUT2D eigenvalue weighted by Gasteiger charge is -2.31. The van der Waals surface area contributed by atoms with Gasteiger partial charge in [-0.2, -0.15) is 0 Å². The number of hydrogen-bond donors (Lipinski definition) is 2. The normalized spacial score (nSPS) is 14.8. The average Bonchev–Trinajstić information content (AvgIpc) is 3.48. The van der Waals surface area contributed by atoms with Gasteiger partial charge in [0.2, 0.25) is 11.7 Å². The smallest absolute Gasteiger partial charge is 0.298 e. The predicted molar refractivity (Wildman–Crippen MR) is 124 cm³/mol. The van der Waals surface area contributed by atoms with Crippen LogP contribution < -0.4 is 15.8 Å². The van der Waals surface area contributed by atoms with Crippen LogP contribution in [0.4, 0.5) is 11.6 Å². The number of benzene rings is 2. The molecule has 2 aromatic carbocycles. The molecule has 9 heteroatoms. The van der Waals surface area contributed by atoms with Crippen LogP contribution in [0.1, 0.15) is 38.8 Å². The summed E-state index contributed by atoms with van der Waals surface area (Å²) in [4.78, 5) is 32.4. The number of nitrogens with zero attached hydrogens (tertiary/aromatic N) is 4. The van der Waals surface area contributed by atoms with E-state index in [1.54, 1.807) is 0 Å². The standard InChI is InChI=1S/C25H21N5O4/c31-22-20(23(32)27-17-13-26-34-14-17)28-25-29(11-12-30(25)24(22)33)21-18-7-3-1-5-15(18)9-10-16-6-2-4-8-19(16)21/h1-8,13-14,21,31H,9-12H2,(H,27,32). The Morgan fingerprint density at radius 3 is 2.35 bits per heavy atom. The van der Waals surface area contributed by atoms with Gasteiger partial charge in [0.25, 0.3) is 11.5 Å². The third-order valence-electron chi connectivity index (χ3n) is 6.53. The molecule has 4 aromatic rings. The molecule has 2 N–H and O–H groups in total. The van der Waals surface area contributed by atoms with E-state index in [2.05, 4.69) is 44.6 Å². The van der Waals surface area contributed by atoms with E-state index in [-0.39, 0.29) is 11.7 Å². The third-order valence-corrected chi connectivity index (χ3v) is 6.53. The van der Waals surface area contributed by atoms with Gasteiger partial charge in [-0.3, -0.25) is 14.2 Å². The van der Waals surface area contributed by atoms with Crippen molar-refractivity contribution in [2.45, 2.75) is 25.4 Å². The largest absolute Gasteiger partial charge is 0.501 e. The summed E-state index contributed by atoms with van der Waals surface area (Å²) < 4.78 is 6.16. The zero-order valence-electron chi connectivity index (χ0n) is 18.1. The van der Waals surface area contributed by atoms with Gasteiger partial charge in [-0.15, -0.1) is 0 Å². The Bertz CT molecular complexity index is 1410. The summed E-state index contributed by atoms with van der Waals surface area (Å²) in [6.45, 7) is 0.884. The zero-order chi connectivity index (χ0) is 23.2. The number of amides is 1. The second-order valence-corrected chi connectivity index (χ2v) is 8.43. The SMILES string of the molecule is O=C(Nc1cnoc1)c1nc2n(c(=O)c1O)CCN2C1c2ccccc2CCc2ccccc21. The Labute approximate surface area is 194 Å². The molecule has 3 heterocycles. The Morgan fingerprint density at radius 2 is 1.71 bits per heavy atom. The van der Waals surface area contributed by atoms with E-state index in [0.29, 0.717) is 24.7 Å². The number of aryl methyl sites for hydroxylation is 2. The summed E-state index contributed by atoms with van der Waals surface area (Å²) in [5.41, 5.74) is 4.12. The van der Waals surface area contributed by atoms with Crippen LogP contribution in [-0.2, 0) is 19.4 Å². The lowest BCUT2D eigenvalue weighted by Crippen LogP contribution is -2.31. The minimum atomic E-state index is -0.713. The first-order valence-corrected chi connectivity index (χ1v) is 11.1. The number of hydrogen-bond acceptors (Lipinski definition) is 7. The molecular formula is C25H21N5O4. The number of carbonyl (C=O) groups excluding carboxylic acids is 1. The van der Waals surface area contributed by atoms with Crippen LogP contribution in [0, 0.1) is 0 Å². The molecule has 0 fully saturated rings. The second kappa shape index (κ2) is 7.87. The van der Waals surface area contributed by atoms with Crippen molar-refractivity contribution >= 4 is 17.5 Å². The average molecular weight is 455 g/mol. The number of carbonyl (C=O) groups is 1. The second-order valence-electron chi connectivity index (χ2n) is 8.43. The maximum Gasteiger partial charge on any atom is 0.298 e. The summed E-state index contributed by atoms with van der Waals surface area (Å²) in [5, 5.41) is 16.6. The molecule has 0 bridgehead atoms. The first kappa shape index (κ1) is 20.2. The van der Waals surface area contributed by atoms with E-state index in [0.717, 1.165) is 24.0 Å². The summed E-state index contributed by atoms with van der Waals surface area (Å²) >= 11 is 0. The van der Waals surface area contributed by atoms with Gasteiger partial charge in [0.05, 0.1) is 12.2 Å². The van der Waals surface area contributed by atoms with E-state index in [9.17, 15) is 14.7 Å². The molecule has 0 saturated carbocycles. The first-order valence-electron chi connectivity index (χ1n) is 11.1. The fourth-order valence-corrected chi connectivity index (χ4v) is 4.95.